The summed E-state index contributed by atoms with van der Waals surface area (Å²) in [4.78, 5) is 27.4. The van der Waals surface area contributed by atoms with E-state index in [0.29, 0.717) is 28.9 Å². The Kier molecular flexibility index (Phi) is 9.07. The number of benzene rings is 2. The Morgan fingerprint density at radius 1 is 1.03 bits per heavy atom. The quantitative estimate of drug-likeness (QED) is 0.394. The predicted octanol–water partition coefficient (Wildman–Crippen LogP) is 6.21. The zero-order valence-electron chi connectivity index (χ0n) is 22.1. The smallest absolute Gasteiger partial charge is 0.257 e. The summed E-state index contributed by atoms with van der Waals surface area (Å²) in [6.45, 7) is 10.2. The zero-order chi connectivity index (χ0) is 26.5. The summed E-state index contributed by atoms with van der Waals surface area (Å²) in [6.07, 6.45) is 6.07. The van der Waals surface area contributed by atoms with Gasteiger partial charge in [0.15, 0.2) is 0 Å². The van der Waals surface area contributed by atoms with Crippen molar-refractivity contribution in [1.82, 2.24) is 10.6 Å². The molecule has 2 aromatic rings. The van der Waals surface area contributed by atoms with Crippen LogP contribution in [0.3, 0.4) is 0 Å². The minimum absolute atomic E-state index is 0.0565. The summed E-state index contributed by atoms with van der Waals surface area (Å²) in [5.74, 6) is -0.363. The van der Waals surface area contributed by atoms with Crippen LogP contribution in [0.15, 0.2) is 43.0 Å². The number of rotatable bonds is 8. The number of nitrogens with one attached hydrogen (secondary N) is 3. The lowest BCUT2D eigenvalue weighted by atomic mass is 9.95. The molecule has 0 heterocycles. The molecule has 194 valence electrons. The first-order chi connectivity index (χ1) is 17.0. The molecule has 0 atom stereocenters. The molecule has 1 fully saturated rings. The first-order valence-electron chi connectivity index (χ1n) is 12.6. The van der Waals surface area contributed by atoms with Crippen LogP contribution in [-0.4, -0.2) is 32.0 Å². The number of hydrogen-bond donors (Lipinski definition) is 3. The van der Waals surface area contributed by atoms with Crippen molar-refractivity contribution in [3.63, 3.8) is 0 Å². The number of hydrogen-bond acceptors (Lipinski definition) is 4. The first-order valence-corrected chi connectivity index (χ1v) is 13.0. The van der Waals surface area contributed by atoms with E-state index in [1.165, 1.54) is 19.3 Å². The van der Waals surface area contributed by atoms with Crippen LogP contribution in [-0.2, 0) is 11.3 Å². The van der Waals surface area contributed by atoms with E-state index in [1.807, 2.05) is 64.0 Å². The molecule has 1 saturated carbocycles. The van der Waals surface area contributed by atoms with Gasteiger partial charge < -0.3 is 20.9 Å². The summed E-state index contributed by atoms with van der Waals surface area (Å²) in [6, 6.07) is 11.5. The molecule has 3 rings (SSSR count). The summed E-state index contributed by atoms with van der Waals surface area (Å²) in [5, 5.41) is 9.85. The van der Waals surface area contributed by atoms with Crippen molar-refractivity contribution < 1.29 is 9.59 Å². The summed E-state index contributed by atoms with van der Waals surface area (Å²) in [7, 11) is 3.99. The molecule has 0 unspecified atom stereocenters. The van der Waals surface area contributed by atoms with Gasteiger partial charge in [-0.3, -0.25) is 9.59 Å². The highest BCUT2D eigenvalue weighted by Crippen LogP contribution is 2.30. The molecule has 0 aromatic heterocycles. The van der Waals surface area contributed by atoms with E-state index in [-0.39, 0.29) is 11.8 Å². The molecule has 0 aliphatic heterocycles. The van der Waals surface area contributed by atoms with Gasteiger partial charge in [0.05, 0.1) is 10.6 Å². The highest BCUT2D eigenvalue weighted by molar-refractivity contribution is 6.34. The third-order valence-electron chi connectivity index (χ3n) is 6.45. The number of anilines is 2. The van der Waals surface area contributed by atoms with Gasteiger partial charge in [-0.2, -0.15) is 0 Å². The van der Waals surface area contributed by atoms with Crippen molar-refractivity contribution >= 4 is 40.5 Å². The fourth-order valence-electron chi connectivity index (χ4n) is 4.32. The van der Waals surface area contributed by atoms with Crippen molar-refractivity contribution in [1.29, 1.82) is 0 Å². The minimum atomic E-state index is -0.487. The fraction of sp³-hybridized carbons (Fsp3) is 0.448. The Morgan fingerprint density at radius 3 is 2.36 bits per heavy atom. The second-order valence-electron chi connectivity index (χ2n) is 10.8. The number of nitrogens with zero attached hydrogens (tertiary/aromatic N) is 1. The highest BCUT2D eigenvalue weighted by atomic mass is 35.5. The maximum Gasteiger partial charge on any atom is 0.257 e. The Labute approximate surface area is 220 Å². The SMILES string of the molecule is C=C(NC1CCCCC1)c1cc(NC(=O)c2cc(CNC(=O)C(C)(C)C)ccc2Cl)ccc1N(C)C. The van der Waals surface area contributed by atoms with E-state index < -0.39 is 5.41 Å². The minimum Gasteiger partial charge on any atom is -0.382 e. The molecule has 3 N–H and O–H groups in total. The zero-order valence-corrected chi connectivity index (χ0v) is 22.9. The van der Waals surface area contributed by atoms with Crippen LogP contribution in [0.25, 0.3) is 5.70 Å². The van der Waals surface area contributed by atoms with Crippen molar-refractivity contribution in [3.05, 3.63) is 64.7 Å². The molecule has 0 spiro atoms. The van der Waals surface area contributed by atoms with Gasteiger partial charge >= 0.3 is 0 Å². The van der Waals surface area contributed by atoms with Crippen molar-refractivity contribution in [2.24, 2.45) is 5.41 Å². The van der Waals surface area contributed by atoms with Gasteiger partial charge in [-0.25, -0.2) is 0 Å². The van der Waals surface area contributed by atoms with E-state index in [0.717, 1.165) is 35.4 Å². The highest BCUT2D eigenvalue weighted by Gasteiger charge is 2.21. The first kappa shape index (κ1) is 27.6. The standard InChI is InChI=1S/C29H39ClN4O2/c1-19(32-21-10-8-7-9-11-21)23-17-22(13-15-26(23)34(5)6)33-27(35)24-16-20(12-14-25(24)30)18-31-28(36)29(2,3)4/h12-17,21,32H,1,7-11,18H2,2-6H3,(H,31,36)(H,33,35). The summed E-state index contributed by atoms with van der Waals surface area (Å²) >= 11 is 6.37. The van der Waals surface area contributed by atoms with Crippen LogP contribution >= 0.6 is 11.6 Å². The normalized spacial score (nSPS) is 14.2. The Bertz CT molecular complexity index is 1110. The Balaban J connectivity index is 1.77. The molecule has 0 saturated heterocycles. The Hall–Kier alpha value is -2.99. The second kappa shape index (κ2) is 11.8. The molecule has 7 heteroatoms. The second-order valence-corrected chi connectivity index (χ2v) is 11.2. The van der Waals surface area contributed by atoms with Gasteiger partial charge in [-0.15, -0.1) is 0 Å². The van der Waals surface area contributed by atoms with Gasteiger partial charge in [0.25, 0.3) is 5.91 Å². The van der Waals surface area contributed by atoms with Gasteiger partial charge in [-0.05, 0) is 48.7 Å². The van der Waals surface area contributed by atoms with E-state index >= 15 is 0 Å². The van der Waals surface area contributed by atoms with Crippen LogP contribution in [0.1, 0.15) is 74.4 Å². The average Bonchev–Trinajstić information content (AvgIpc) is 2.83. The van der Waals surface area contributed by atoms with Crippen LogP contribution in [0, 0.1) is 5.41 Å². The van der Waals surface area contributed by atoms with E-state index in [4.69, 9.17) is 11.6 Å². The number of halogens is 1. The monoisotopic (exact) mass is 510 g/mol. The third-order valence-corrected chi connectivity index (χ3v) is 6.78. The average molecular weight is 511 g/mol. The lowest BCUT2D eigenvalue weighted by Crippen LogP contribution is -2.34. The largest absolute Gasteiger partial charge is 0.382 e. The topological polar surface area (TPSA) is 73.5 Å². The van der Waals surface area contributed by atoms with Crippen molar-refractivity contribution in [3.8, 4) is 0 Å². The maximum absolute atomic E-state index is 13.2. The van der Waals surface area contributed by atoms with E-state index in [9.17, 15) is 9.59 Å². The Morgan fingerprint density at radius 2 is 1.72 bits per heavy atom. The molecular weight excluding hydrogens is 472 g/mol. The van der Waals surface area contributed by atoms with E-state index in [1.54, 1.807) is 12.1 Å². The lowest BCUT2D eigenvalue weighted by Gasteiger charge is -2.27. The molecule has 1 aliphatic rings. The molecule has 1 aliphatic carbocycles. The molecule has 36 heavy (non-hydrogen) atoms. The summed E-state index contributed by atoms with van der Waals surface area (Å²) in [5.41, 5.74) is 4.17. The molecule has 0 radical (unpaired) electrons. The molecule has 2 amide bonds. The van der Waals surface area contributed by atoms with Crippen LogP contribution in [0.4, 0.5) is 11.4 Å². The van der Waals surface area contributed by atoms with Gasteiger partial charge in [0.1, 0.15) is 0 Å². The predicted molar refractivity (Wildman–Crippen MR) is 151 cm³/mol. The van der Waals surface area contributed by atoms with Gasteiger partial charge in [-0.1, -0.05) is 64.3 Å². The fourth-order valence-corrected chi connectivity index (χ4v) is 4.52. The molecule has 2 aromatic carbocycles. The molecule has 0 bridgehead atoms. The van der Waals surface area contributed by atoms with Crippen molar-refractivity contribution in [2.45, 2.75) is 65.5 Å². The van der Waals surface area contributed by atoms with Crippen LogP contribution in [0.2, 0.25) is 5.02 Å². The summed E-state index contributed by atoms with van der Waals surface area (Å²) < 4.78 is 0. The molecule has 6 nitrogen and oxygen atoms in total. The van der Waals surface area contributed by atoms with Crippen molar-refractivity contribution in [2.75, 3.05) is 24.3 Å². The maximum atomic E-state index is 13.2. The van der Waals surface area contributed by atoms with Gasteiger partial charge in [0.2, 0.25) is 5.91 Å². The number of carbonyl (C=O) groups is 2. The van der Waals surface area contributed by atoms with Gasteiger partial charge in [0, 0.05) is 54.7 Å². The number of carbonyl (C=O) groups excluding carboxylic acids is 2. The lowest BCUT2D eigenvalue weighted by molar-refractivity contribution is -0.128. The van der Waals surface area contributed by atoms with Crippen LogP contribution in [0.5, 0.6) is 0 Å². The third kappa shape index (κ3) is 7.26. The van der Waals surface area contributed by atoms with E-state index in [2.05, 4.69) is 22.5 Å². The molecular formula is C29H39ClN4O2. The van der Waals surface area contributed by atoms with Crippen LogP contribution < -0.4 is 20.9 Å². The number of amides is 2.